The predicted molar refractivity (Wildman–Crippen MR) is 58.9 cm³/mol. The van der Waals surface area contributed by atoms with Gasteiger partial charge in [-0.15, -0.1) is 11.3 Å². The van der Waals surface area contributed by atoms with E-state index in [1.165, 1.54) is 0 Å². The number of hydrogen-bond donors (Lipinski definition) is 1. The highest BCUT2D eigenvalue weighted by Crippen LogP contribution is 2.23. The van der Waals surface area contributed by atoms with E-state index in [1.807, 2.05) is 17.5 Å². The number of nitrogens with two attached hydrogens (primary N) is 1. The van der Waals surface area contributed by atoms with E-state index in [9.17, 15) is 0 Å². The summed E-state index contributed by atoms with van der Waals surface area (Å²) in [6, 6.07) is 8.00. The maximum absolute atomic E-state index is 8.67. The lowest BCUT2D eigenvalue weighted by Crippen LogP contribution is -2.34. The van der Waals surface area contributed by atoms with Crippen LogP contribution in [0.3, 0.4) is 0 Å². The molecular formula is C10H12N4S. The van der Waals surface area contributed by atoms with E-state index in [0.717, 1.165) is 4.88 Å². The fourth-order valence-corrected chi connectivity index (χ4v) is 2.26. The fourth-order valence-electron chi connectivity index (χ4n) is 1.38. The van der Waals surface area contributed by atoms with Gasteiger partial charge in [0, 0.05) is 11.4 Å². The van der Waals surface area contributed by atoms with Gasteiger partial charge in [0.05, 0.1) is 31.3 Å². The molecule has 0 radical (unpaired) electrons. The molecule has 78 valence electrons. The third kappa shape index (κ3) is 3.03. The summed E-state index contributed by atoms with van der Waals surface area (Å²) in [4.78, 5) is 2.88. The summed E-state index contributed by atoms with van der Waals surface area (Å²) in [6.45, 7) is 0.879. The molecule has 1 heterocycles. The van der Waals surface area contributed by atoms with Crippen molar-refractivity contribution in [2.75, 3.05) is 19.6 Å². The zero-order valence-electron chi connectivity index (χ0n) is 8.26. The Bertz CT molecular complexity index is 344. The zero-order valence-corrected chi connectivity index (χ0v) is 9.07. The van der Waals surface area contributed by atoms with Crippen molar-refractivity contribution < 1.29 is 0 Å². The summed E-state index contributed by atoms with van der Waals surface area (Å²) in [6.07, 6.45) is 0. The molecule has 0 saturated heterocycles. The van der Waals surface area contributed by atoms with Crippen molar-refractivity contribution in [3.63, 3.8) is 0 Å². The van der Waals surface area contributed by atoms with Gasteiger partial charge in [-0.3, -0.25) is 4.90 Å². The van der Waals surface area contributed by atoms with Crippen molar-refractivity contribution in [2.24, 2.45) is 5.73 Å². The lowest BCUT2D eigenvalue weighted by atomic mass is 10.2. The molecule has 2 N–H and O–H groups in total. The number of nitrogens with zero attached hydrogens (tertiary/aromatic N) is 3. The minimum Gasteiger partial charge on any atom is -0.329 e. The molecule has 0 aliphatic heterocycles. The number of nitriles is 2. The fraction of sp³-hybridized carbons (Fsp3) is 0.400. The summed E-state index contributed by atoms with van der Waals surface area (Å²) in [5.41, 5.74) is 5.67. The van der Waals surface area contributed by atoms with Gasteiger partial charge >= 0.3 is 0 Å². The van der Waals surface area contributed by atoms with Gasteiger partial charge in [-0.1, -0.05) is 6.07 Å². The molecule has 5 heteroatoms. The average Bonchev–Trinajstić information content (AvgIpc) is 2.73. The highest BCUT2D eigenvalue weighted by molar-refractivity contribution is 7.10. The van der Waals surface area contributed by atoms with Gasteiger partial charge in [-0.25, -0.2) is 0 Å². The van der Waals surface area contributed by atoms with E-state index >= 15 is 0 Å². The molecule has 0 bridgehead atoms. The van der Waals surface area contributed by atoms with Crippen LogP contribution in [0.2, 0.25) is 0 Å². The Balaban J connectivity index is 2.80. The Morgan fingerprint density at radius 3 is 2.47 bits per heavy atom. The molecule has 0 fully saturated rings. The first-order chi connectivity index (χ1) is 7.33. The molecule has 1 aromatic rings. The second-order valence-corrected chi connectivity index (χ2v) is 3.97. The van der Waals surface area contributed by atoms with Gasteiger partial charge in [0.1, 0.15) is 0 Å². The molecule has 1 aromatic heterocycles. The highest BCUT2D eigenvalue weighted by atomic mass is 32.1. The molecule has 0 saturated carbocycles. The highest BCUT2D eigenvalue weighted by Gasteiger charge is 2.19. The molecular weight excluding hydrogens is 208 g/mol. The minimum atomic E-state index is -0.0238. The van der Waals surface area contributed by atoms with Crippen molar-refractivity contribution in [1.29, 1.82) is 10.5 Å². The second kappa shape index (κ2) is 6.15. The summed E-state index contributed by atoms with van der Waals surface area (Å²) >= 11 is 1.60. The van der Waals surface area contributed by atoms with Crippen LogP contribution < -0.4 is 5.73 Å². The third-order valence-corrected chi connectivity index (χ3v) is 3.06. The first-order valence-electron chi connectivity index (χ1n) is 4.55. The number of hydrogen-bond acceptors (Lipinski definition) is 5. The number of thiophene rings is 1. The molecule has 0 aliphatic carbocycles. The predicted octanol–water partition coefficient (Wildman–Crippen LogP) is 1.10. The minimum absolute atomic E-state index is 0.0238. The van der Waals surface area contributed by atoms with Crippen LogP contribution in [0.15, 0.2) is 17.5 Å². The molecule has 1 atom stereocenters. The lowest BCUT2D eigenvalue weighted by Gasteiger charge is -2.25. The van der Waals surface area contributed by atoms with Gasteiger partial charge in [-0.05, 0) is 11.4 Å². The van der Waals surface area contributed by atoms with E-state index < -0.39 is 0 Å². The quantitative estimate of drug-likeness (QED) is 0.754. The first kappa shape index (κ1) is 11.7. The Labute approximate surface area is 93.1 Å². The van der Waals surface area contributed by atoms with Crippen LogP contribution in [0.4, 0.5) is 0 Å². The van der Waals surface area contributed by atoms with Gasteiger partial charge < -0.3 is 5.73 Å². The van der Waals surface area contributed by atoms with E-state index in [4.69, 9.17) is 16.3 Å². The Kier molecular flexibility index (Phi) is 4.79. The molecule has 0 amide bonds. The summed E-state index contributed by atoms with van der Waals surface area (Å²) in [7, 11) is 0. The van der Waals surface area contributed by atoms with Crippen LogP contribution in [0.25, 0.3) is 0 Å². The molecule has 15 heavy (non-hydrogen) atoms. The normalized spacial score (nSPS) is 12.0. The van der Waals surface area contributed by atoms with Crippen LogP contribution in [-0.2, 0) is 0 Å². The molecule has 4 nitrogen and oxygen atoms in total. The summed E-state index contributed by atoms with van der Waals surface area (Å²) < 4.78 is 0. The topological polar surface area (TPSA) is 76.8 Å². The lowest BCUT2D eigenvalue weighted by molar-refractivity contribution is 0.257. The van der Waals surface area contributed by atoms with Crippen molar-refractivity contribution in [3.8, 4) is 12.1 Å². The van der Waals surface area contributed by atoms with Crippen LogP contribution in [0, 0.1) is 22.7 Å². The van der Waals surface area contributed by atoms with Gasteiger partial charge in [0.25, 0.3) is 0 Å². The smallest absolute Gasteiger partial charge is 0.0880 e. The van der Waals surface area contributed by atoms with Crippen molar-refractivity contribution in [2.45, 2.75) is 6.04 Å². The Morgan fingerprint density at radius 1 is 1.40 bits per heavy atom. The summed E-state index contributed by atoms with van der Waals surface area (Å²) in [5, 5.41) is 19.3. The molecule has 0 aliphatic rings. The van der Waals surface area contributed by atoms with Crippen LogP contribution in [0.5, 0.6) is 0 Å². The third-order valence-electron chi connectivity index (χ3n) is 2.08. The van der Waals surface area contributed by atoms with Gasteiger partial charge in [0.2, 0.25) is 0 Å². The van der Waals surface area contributed by atoms with Crippen molar-refractivity contribution in [1.82, 2.24) is 4.90 Å². The monoisotopic (exact) mass is 220 g/mol. The van der Waals surface area contributed by atoms with Crippen LogP contribution in [0.1, 0.15) is 10.9 Å². The van der Waals surface area contributed by atoms with E-state index in [-0.39, 0.29) is 19.1 Å². The van der Waals surface area contributed by atoms with E-state index in [2.05, 4.69) is 12.1 Å². The molecule has 1 rings (SSSR count). The van der Waals surface area contributed by atoms with Gasteiger partial charge in [-0.2, -0.15) is 10.5 Å². The first-order valence-corrected chi connectivity index (χ1v) is 5.42. The van der Waals surface area contributed by atoms with Crippen molar-refractivity contribution >= 4 is 11.3 Å². The van der Waals surface area contributed by atoms with E-state index in [0.29, 0.717) is 6.54 Å². The molecule has 0 aromatic carbocycles. The van der Waals surface area contributed by atoms with Crippen LogP contribution in [-0.4, -0.2) is 24.5 Å². The zero-order chi connectivity index (χ0) is 11.1. The van der Waals surface area contributed by atoms with E-state index in [1.54, 1.807) is 16.2 Å². The van der Waals surface area contributed by atoms with Crippen molar-refractivity contribution in [3.05, 3.63) is 22.4 Å². The van der Waals surface area contributed by atoms with Gasteiger partial charge in [0.15, 0.2) is 0 Å². The largest absolute Gasteiger partial charge is 0.329 e. The molecule has 0 spiro atoms. The SMILES string of the molecule is N#CCN(CC#N)C(CN)c1cccs1. The maximum Gasteiger partial charge on any atom is 0.0880 e. The second-order valence-electron chi connectivity index (χ2n) is 2.99. The standard InChI is InChI=1S/C10H12N4S/c11-3-5-14(6-4-12)9(8-13)10-2-1-7-15-10/h1-2,7,9H,5-6,8,13H2. The Hall–Kier alpha value is -1.40. The Morgan fingerprint density at radius 2 is 2.07 bits per heavy atom. The molecule has 1 unspecified atom stereocenters. The average molecular weight is 220 g/mol. The maximum atomic E-state index is 8.67. The van der Waals surface area contributed by atoms with Crippen LogP contribution >= 0.6 is 11.3 Å². The number of rotatable bonds is 5. The summed E-state index contributed by atoms with van der Waals surface area (Å²) in [5.74, 6) is 0.